The van der Waals surface area contributed by atoms with Gasteiger partial charge >= 0.3 is 0 Å². The van der Waals surface area contributed by atoms with E-state index in [0.29, 0.717) is 0 Å². The van der Waals surface area contributed by atoms with Gasteiger partial charge in [-0.2, -0.15) is 0 Å². The molecule has 1 aliphatic rings. The van der Waals surface area contributed by atoms with Gasteiger partial charge in [-0.05, 0) is 82.0 Å². The zero-order chi connectivity index (χ0) is 13.8. The molecule has 0 aromatic heterocycles. The first-order chi connectivity index (χ1) is 9.11. The molecule has 1 aromatic rings. The van der Waals surface area contributed by atoms with Crippen LogP contribution in [0, 0.1) is 26.7 Å². The molecule has 2 rings (SSSR count). The average Bonchev–Trinajstić information content (AvgIpc) is 3.15. The van der Waals surface area contributed by atoms with Crippen LogP contribution < -0.4 is 5.32 Å². The lowest BCUT2D eigenvalue weighted by Crippen LogP contribution is -2.30. The lowest BCUT2D eigenvalue weighted by atomic mass is 9.94. The first-order valence-corrected chi connectivity index (χ1v) is 7.92. The molecule has 1 saturated carbocycles. The molecule has 1 fully saturated rings. The Morgan fingerprint density at radius 1 is 1.16 bits per heavy atom. The summed E-state index contributed by atoms with van der Waals surface area (Å²) in [5.74, 6) is 0.972. The van der Waals surface area contributed by atoms with Crippen LogP contribution in [0.5, 0.6) is 0 Å². The highest BCUT2D eigenvalue weighted by Crippen LogP contribution is 2.34. The molecule has 0 saturated heterocycles. The normalized spacial score (nSPS) is 16.6. The van der Waals surface area contributed by atoms with Gasteiger partial charge in [-0.1, -0.05) is 24.6 Å². The highest BCUT2D eigenvalue weighted by molar-refractivity contribution is 5.37. The van der Waals surface area contributed by atoms with Crippen LogP contribution in [0.1, 0.15) is 54.9 Å². The first-order valence-electron chi connectivity index (χ1n) is 7.92. The summed E-state index contributed by atoms with van der Waals surface area (Å²) >= 11 is 0. The largest absolute Gasteiger partial charge is 0.314 e. The van der Waals surface area contributed by atoms with Crippen molar-refractivity contribution in [2.24, 2.45) is 5.92 Å². The van der Waals surface area contributed by atoms with E-state index in [1.807, 2.05) is 0 Å². The van der Waals surface area contributed by atoms with Crippen molar-refractivity contribution in [1.82, 2.24) is 5.32 Å². The lowest BCUT2D eigenvalue weighted by Gasteiger charge is -2.18. The Morgan fingerprint density at radius 3 is 2.32 bits per heavy atom. The summed E-state index contributed by atoms with van der Waals surface area (Å²) in [7, 11) is 0. The van der Waals surface area contributed by atoms with Gasteiger partial charge in [0.05, 0.1) is 0 Å². The molecule has 1 aliphatic carbocycles. The van der Waals surface area contributed by atoms with Crippen molar-refractivity contribution in [3.63, 3.8) is 0 Å². The Bertz CT molecular complexity index is 395. The SMILES string of the molecule is CCNC(CCCc1c(C)cc(C)cc1C)C1CC1. The summed E-state index contributed by atoms with van der Waals surface area (Å²) in [6, 6.07) is 5.42. The van der Waals surface area contributed by atoms with Crippen LogP contribution in [-0.2, 0) is 6.42 Å². The molecule has 1 aromatic carbocycles. The number of nitrogens with one attached hydrogen (secondary N) is 1. The molecule has 0 spiro atoms. The zero-order valence-electron chi connectivity index (χ0n) is 13.1. The third-order valence-corrected chi connectivity index (χ3v) is 4.44. The molecule has 0 radical (unpaired) electrons. The monoisotopic (exact) mass is 259 g/mol. The second kappa shape index (κ2) is 6.56. The number of hydrogen-bond donors (Lipinski definition) is 1. The Kier molecular flexibility index (Phi) is 5.04. The van der Waals surface area contributed by atoms with Gasteiger partial charge in [0.2, 0.25) is 0 Å². The van der Waals surface area contributed by atoms with Gasteiger partial charge in [0.1, 0.15) is 0 Å². The summed E-state index contributed by atoms with van der Waals surface area (Å²) in [4.78, 5) is 0. The van der Waals surface area contributed by atoms with Gasteiger partial charge in [-0.15, -0.1) is 0 Å². The van der Waals surface area contributed by atoms with E-state index in [9.17, 15) is 0 Å². The minimum atomic E-state index is 0.774. The molecule has 1 nitrogen and oxygen atoms in total. The predicted octanol–water partition coefficient (Wildman–Crippen LogP) is 4.32. The number of rotatable bonds is 7. The van der Waals surface area contributed by atoms with Crippen LogP contribution in [0.15, 0.2) is 12.1 Å². The van der Waals surface area contributed by atoms with Crippen molar-refractivity contribution in [1.29, 1.82) is 0 Å². The summed E-state index contributed by atoms with van der Waals surface area (Å²) in [6.07, 6.45) is 6.79. The van der Waals surface area contributed by atoms with Crippen LogP contribution in [0.4, 0.5) is 0 Å². The van der Waals surface area contributed by atoms with E-state index in [2.05, 4.69) is 45.1 Å². The molecular weight excluding hydrogens is 230 g/mol. The molecule has 1 unspecified atom stereocenters. The highest BCUT2D eigenvalue weighted by atomic mass is 14.9. The van der Waals surface area contributed by atoms with E-state index in [4.69, 9.17) is 0 Å². The summed E-state index contributed by atoms with van der Waals surface area (Å²) in [5, 5.41) is 3.67. The molecular formula is C18H29N. The van der Waals surface area contributed by atoms with E-state index < -0.39 is 0 Å². The molecule has 0 amide bonds. The molecule has 106 valence electrons. The van der Waals surface area contributed by atoms with Crippen molar-refractivity contribution in [2.75, 3.05) is 6.54 Å². The third-order valence-electron chi connectivity index (χ3n) is 4.44. The van der Waals surface area contributed by atoms with E-state index in [1.54, 1.807) is 5.56 Å². The topological polar surface area (TPSA) is 12.0 Å². The van der Waals surface area contributed by atoms with Crippen LogP contribution >= 0.6 is 0 Å². The Balaban J connectivity index is 1.88. The zero-order valence-corrected chi connectivity index (χ0v) is 13.1. The number of benzene rings is 1. The van der Waals surface area contributed by atoms with Crippen molar-refractivity contribution >= 4 is 0 Å². The molecule has 1 atom stereocenters. The average molecular weight is 259 g/mol. The summed E-state index contributed by atoms with van der Waals surface area (Å²) in [5.41, 5.74) is 5.92. The number of aryl methyl sites for hydroxylation is 3. The van der Waals surface area contributed by atoms with Crippen LogP contribution in [0.3, 0.4) is 0 Å². The quantitative estimate of drug-likeness (QED) is 0.769. The fraction of sp³-hybridized carbons (Fsp3) is 0.667. The smallest absolute Gasteiger partial charge is 0.00953 e. The minimum Gasteiger partial charge on any atom is -0.314 e. The fourth-order valence-electron chi connectivity index (χ4n) is 3.37. The maximum Gasteiger partial charge on any atom is 0.00953 e. The molecule has 19 heavy (non-hydrogen) atoms. The Labute approximate surface area is 118 Å². The molecule has 1 N–H and O–H groups in total. The molecule has 0 aliphatic heterocycles. The molecule has 0 heterocycles. The minimum absolute atomic E-state index is 0.774. The van der Waals surface area contributed by atoms with E-state index in [0.717, 1.165) is 18.5 Å². The first kappa shape index (κ1) is 14.6. The van der Waals surface area contributed by atoms with Gasteiger partial charge in [-0.3, -0.25) is 0 Å². The molecule has 1 heteroatoms. The number of hydrogen-bond acceptors (Lipinski definition) is 1. The van der Waals surface area contributed by atoms with Crippen LogP contribution in [0.25, 0.3) is 0 Å². The highest BCUT2D eigenvalue weighted by Gasteiger charge is 2.29. The van der Waals surface area contributed by atoms with Gasteiger partial charge < -0.3 is 5.32 Å². The Morgan fingerprint density at radius 2 is 1.79 bits per heavy atom. The second-order valence-corrected chi connectivity index (χ2v) is 6.27. The van der Waals surface area contributed by atoms with Crippen molar-refractivity contribution in [2.45, 2.75) is 65.8 Å². The summed E-state index contributed by atoms with van der Waals surface area (Å²) < 4.78 is 0. The second-order valence-electron chi connectivity index (χ2n) is 6.27. The van der Waals surface area contributed by atoms with Crippen LogP contribution in [0.2, 0.25) is 0 Å². The molecule has 0 bridgehead atoms. The van der Waals surface area contributed by atoms with Crippen molar-refractivity contribution < 1.29 is 0 Å². The summed E-state index contributed by atoms with van der Waals surface area (Å²) in [6.45, 7) is 10.1. The van der Waals surface area contributed by atoms with Gasteiger partial charge in [0.25, 0.3) is 0 Å². The van der Waals surface area contributed by atoms with E-state index in [-0.39, 0.29) is 0 Å². The fourth-order valence-corrected chi connectivity index (χ4v) is 3.37. The van der Waals surface area contributed by atoms with Gasteiger partial charge in [0.15, 0.2) is 0 Å². The van der Waals surface area contributed by atoms with E-state index in [1.165, 1.54) is 48.8 Å². The van der Waals surface area contributed by atoms with Gasteiger partial charge in [0, 0.05) is 6.04 Å². The standard InChI is InChI=1S/C18H29N/c1-5-19-18(16-9-10-16)8-6-7-17-14(3)11-13(2)12-15(17)4/h11-12,16,18-19H,5-10H2,1-4H3. The van der Waals surface area contributed by atoms with Crippen LogP contribution in [-0.4, -0.2) is 12.6 Å². The predicted molar refractivity (Wildman–Crippen MR) is 83.8 cm³/mol. The maximum atomic E-state index is 3.67. The van der Waals surface area contributed by atoms with Crippen molar-refractivity contribution in [3.05, 3.63) is 34.4 Å². The maximum absolute atomic E-state index is 3.67. The third kappa shape index (κ3) is 4.07. The lowest BCUT2D eigenvalue weighted by molar-refractivity contribution is 0.434. The van der Waals surface area contributed by atoms with E-state index >= 15 is 0 Å². The Hall–Kier alpha value is -0.820. The van der Waals surface area contributed by atoms with Gasteiger partial charge in [-0.25, -0.2) is 0 Å². The van der Waals surface area contributed by atoms with Crippen molar-refractivity contribution in [3.8, 4) is 0 Å².